The Morgan fingerprint density at radius 1 is 1.13 bits per heavy atom. The van der Waals surface area contributed by atoms with Crippen LogP contribution in [0, 0.1) is 6.92 Å². The molecule has 1 amide bonds. The summed E-state index contributed by atoms with van der Waals surface area (Å²) in [6, 6.07) is 15.2. The molecule has 4 aromatic rings. The van der Waals surface area contributed by atoms with E-state index in [1.807, 2.05) is 18.2 Å². The third-order valence-corrected chi connectivity index (χ3v) is 5.25. The summed E-state index contributed by atoms with van der Waals surface area (Å²) in [5.74, 6) is -0.191. The third kappa shape index (κ3) is 4.49. The van der Waals surface area contributed by atoms with E-state index < -0.39 is 5.91 Å². The van der Waals surface area contributed by atoms with Crippen LogP contribution in [0.4, 0.5) is 5.69 Å². The summed E-state index contributed by atoms with van der Waals surface area (Å²) in [5, 5.41) is 16.7. The smallest absolute Gasteiger partial charge is 0.258 e. The molecule has 0 aliphatic carbocycles. The fourth-order valence-electron chi connectivity index (χ4n) is 3.01. The number of nitrogens with zero attached hydrogens (tertiary/aromatic N) is 1. The van der Waals surface area contributed by atoms with Gasteiger partial charge in [0.1, 0.15) is 11.3 Å². The Hall–Kier alpha value is -3.13. The van der Waals surface area contributed by atoms with E-state index in [1.165, 1.54) is 12.1 Å². The second-order valence-electron chi connectivity index (χ2n) is 6.71. The van der Waals surface area contributed by atoms with Crippen molar-refractivity contribution in [3.63, 3.8) is 0 Å². The number of phenolic OH excluding ortho intramolecular Hbond substituents is 1. The first kappa shape index (κ1) is 21.1. The second kappa shape index (κ2) is 8.55. The Bertz CT molecular complexity index is 1300. The standard InChI is InChI=1S/C22H15Cl2N3O3S/c1-11-8-13(25-22(31)27-20(29)14-9-12(23)6-7-16(14)24)10-15(19(11)28)21-26-17-4-2-3-5-18(17)30-21/h2-10,28H,1H3,(H2,25,27,29,31). The molecule has 0 radical (unpaired) electrons. The van der Waals surface area contributed by atoms with Crippen molar-refractivity contribution in [1.29, 1.82) is 0 Å². The summed E-state index contributed by atoms with van der Waals surface area (Å²) in [7, 11) is 0. The van der Waals surface area contributed by atoms with Gasteiger partial charge in [-0.3, -0.25) is 10.1 Å². The van der Waals surface area contributed by atoms with Crippen LogP contribution in [0.5, 0.6) is 5.75 Å². The molecule has 0 spiro atoms. The lowest BCUT2D eigenvalue weighted by atomic mass is 10.1. The number of aromatic nitrogens is 1. The van der Waals surface area contributed by atoms with Gasteiger partial charge in [-0.15, -0.1) is 0 Å². The summed E-state index contributed by atoms with van der Waals surface area (Å²) in [5.41, 5.74) is 2.99. The van der Waals surface area contributed by atoms with E-state index in [0.717, 1.165) is 0 Å². The topological polar surface area (TPSA) is 87.4 Å². The summed E-state index contributed by atoms with van der Waals surface area (Å²) in [4.78, 5) is 16.9. The van der Waals surface area contributed by atoms with Crippen LogP contribution in [-0.2, 0) is 0 Å². The monoisotopic (exact) mass is 471 g/mol. The van der Waals surface area contributed by atoms with Gasteiger partial charge in [-0.2, -0.15) is 0 Å². The summed E-state index contributed by atoms with van der Waals surface area (Å²) in [6.07, 6.45) is 0. The molecule has 1 aromatic heterocycles. The van der Waals surface area contributed by atoms with E-state index in [1.54, 1.807) is 31.2 Å². The first-order chi connectivity index (χ1) is 14.8. The number of fused-ring (bicyclic) bond motifs is 1. The van der Waals surface area contributed by atoms with E-state index >= 15 is 0 Å². The molecule has 0 saturated heterocycles. The SMILES string of the molecule is Cc1cc(NC(=S)NC(=O)c2cc(Cl)ccc2Cl)cc(-c2nc3ccccc3o2)c1O. The minimum Gasteiger partial charge on any atom is -0.507 e. The number of phenols is 1. The van der Waals surface area contributed by atoms with Gasteiger partial charge in [0.05, 0.1) is 16.1 Å². The van der Waals surface area contributed by atoms with Gasteiger partial charge in [0, 0.05) is 10.7 Å². The zero-order chi connectivity index (χ0) is 22.1. The van der Waals surface area contributed by atoms with Crippen LogP contribution in [0.3, 0.4) is 0 Å². The highest BCUT2D eigenvalue weighted by atomic mass is 35.5. The van der Waals surface area contributed by atoms with Crippen molar-refractivity contribution in [2.45, 2.75) is 6.92 Å². The zero-order valence-electron chi connectivity index (χ0n) is 16.1. The first-order valence-electron chi connectivity index (χ1n) is 9.09. The van der Waals surface area contributed by atoms with Crippen LogP contribution in [0.2, 0.25) is 10.0 Å². The lowest BCUT2D eigenvalue weighted by Gasteiger charge is -2.13. The molecule has 31 heavy (non-hydrogen) atoms. The Balaban J connectivity index is 1.58. The predicted octanol–water partition coefficient (Wildman–Crippen LogP) is 5.94. The fraction of sp³-hybridized carbons (Fsp3) is 0.0455. The minimum atomic E-state index is -0.500. The molecule has 4 rings (SSSR count). The molecule has 6 nitrogen and oxygen atoms in total. The predicted molar refractivity (Wildman–Crippen MR) is 126 cm³/mol. The van der Waals surface area contributed by atoms with Crippen LogP contribution in [0.25, 0.3) is 22.6 Å². The van der Waals surface area contributed by atoms with Crippen molar-refractivity contribution in [3.8, 4) is 17.2 Å². The van der Waals surface area contributed by atoms with Crippen molar-refractivity contribution in [2.24, 2.45) is 0 Å². The molecular formula is C22H15Cl2N3O3S. The molecular weight excluding hydrogens is 457 g/mol. The minimum absolute atomic E-state index is 0.0396. The normalized spacial score (nSPS) is 10.8. The summed E-state index contributed by atoms with van der Waals surface area (Å²) in [6.45, 7) is 1.74. The van der Waals surface area contributed by atoms with Gasteiger partial charge in [-0.05, 0) is 67.2 Å². The van der Waals surface area contributed by atoms with Crippen LogP contribution in [0.15, 0.2) is 59.0 Å². The van der Waals surface area contributed by atoms with Crippen LogP contribution in [-0.4, -0.2) is 21.1 Å². The summed E-state index contributed by atoms with van der Waals surface area (Å²) < 4.78 is 5.77. The van der Waals surface area contributed by atoms with Crippen LogP contribution >= 0.6 is 35.4 Å². The highest BCUT2D eigenvalue weighted by Crippen LogP contribution is 2.36. The fourth-order valence-corrected chi connectivity index (χ4v) is 3.59. The van der Waals surface area contributed by atoms with Crippen molar-refractivity contribution >= 4 is 63.2 Å². The molecule has 0 bridgehead atoms. The molecule has 3 N–H and O–H groups in total. The van der Waals surface area contributed by atoms with Crippen molar-refractivity contribution < 1.29 is 14.3 Å². The maximum Gasteiger partial charge on any atom is 0.258 e. The number of nitrogens with one attached hydrogen (secondary N) is 2. The second-order valence-corrected chi connectivity index (χ2v) is 7.96. The highest BCUT2D eigenvalue weighted by Gasteiger charge is 2.17. The van der Waals surface area contributed by atoms with Gasteiger partial charge in [0.15, 0.2) is 10.7 Å². The lowest BCUT2D eigenvalue weighted by molar-refractivity contribution is 0.0978. The molecule has 3 aromatic carbocycles. The number of halogens is 2. The van der Waals surface area contributed by atoms with Crippen LogP contribution < -0.4 is 10.6 Å². The molecule has 0 atom stereocenters. The zero-order valence-corrected chi connectivity index (χ0v) is 18.4. The Morgan fingerprint density at radius 3 is 2.68 bits per heavy atom. The molecule has 0 aliphatic heterocycles. The molecule has 0 fully saturated rings. The number of amides is 1. The van der Waals surface area contributed by atoms with Gasteiger partial charge in [0.25, 0.3) is 5.91 Å². The summed E-state index contributed by atoms with van der Waals surface area (Å²) >= 11 is 17.3. The number of oxazole rings is 1. The number of rotatable bonds is 3. The number of para-hydroxylation sites is 2. The third-order valence-electron chi connectivity index (χ3n) is 4.48. The average molecular weight is 472 g/mol. The van der Waals surface area contributed by atoms with Gasteiger partial charge < -0.3 is 14.8 Å². The van der Waals surface area contributed by atoms with E-state index in [0.29, 0.717) is 32.9 Å². The number of aryl methyl sites for hydroxylation is 1. The van der Waals surface area contributed by atoms with E-state index in [-0.39, 0.29) is 27.3 Å². The molecule has 156 valence electrons. The highest BCUT2D eigenvalue weighted by molar-refractivity contribution is 7.80. The number of hydrogen-bond acceptors (Lipinski definition) is 5. The lowest BCUT2D eigenvalue weighted by Crippen LogP contribution is -2.34. The number of aromatic hydroxyl groups is 1. The Kier molecular flexibility index (Phi) is 5.82. The number of benzene rings is 3. The molecule has 9 heteroatoms. The van der Waals surface area contributed by atoms with Crippen molar-refractivity contribution in [1.82, 2.24) is 10.3 Å². The van der Waals surface area contributed by atoms with Crippen LogP contribution in [0.1, 0.15) is 15.9 Å². The molecule has 1 heterocycles. The van der Waals surface area contributed by atoms with Gasteiger partial charge in [0.2, 0.25) is 5.89 Å². The van der Waals surface area contributed by atoms with Crippen molar-refractivity contribution in [2.75, 3.05) is 5.32 Å². The van der Waals surface area contributed by atoms with Gasteiger partial charge in [-0.25, -0.2) is 4.98 Å². The molecule has 0 saturated carbocycles. The van der Waals surface area contributed by atoms with Crippen molar-refractivity contribution in [3.05, 3.63) is 75.8 Å². The van der Waals surface area contributed by atoms with Gasteiger partial charge in [-0.1, -0.05) is 35.3 Å². The number of hydrogen-bond donors (Lipinski definition) is 3. The molecule has 0 aliphatic rings. The van der Waals surface area contributed by atoms with E-state index in [9.17, 15) is 9.90 Å². The maximum atomic E-state index is 12.5. The molecule has 0 unspecified atom stereocenters. The first-order valence-corrected chi connectivity index (χ1v) is 10.2. The average Bonchev–Trinajstić information content (AvgIpc) is 3.16. The number of carbonyl (C=O) groups is 1. The largest absolute Gasteiger partial charge is 0.507 e. The number of carbonyl (C=O) groups excluding carboxylic acids is 1. The number of thiocarbonyl (C=S) groups is 1. The Labute approximate surface area is 192 Å². The Morgan fingerprint density at radius 2 is 1.90 bits per heavy atom. The van der Waals surface area contributed by atoms with E-state index in [4.69, 9.17) is 39.8 Å². The van der Waals surface area contributed by atoms with Gasteiger partial charge >= 0.3 is 0 Å². The maximum absolute atomic E-state index is 12.5. The van der Waals surface area contributed by atoms with E-state index in [2.05, 4.69) is 15.6 Å². The number of anilines is 1. The quantitative estimate of drug-likeness (QED) is 0.253.